The van der Waals surface area contributed by atoms with Crippen molar-refractivity contribution in [2.45, 2.75) is 70.1 Å². The molecule has 1 aromatic carbocycles. The van der Waals surface area contributed by atoms with Gasteiger partial charge in [0.25, 0.3) is 5.91 Å². The third-order valence-corrected chi connectivity index (χ3v) is 7.23. The monoisotopic (exact) mass is 453 g/mol. The minimum absolute atomic E-state index is 0.0947. The summed E-state index contributed by atoms with van der Waals surface area (Å²) in [5, 5.41) is 3.93. The average molecular weight is 454 g/mol. The summed E-state index contributed by atoms with van der Waals surface area (Å²) in [5.41, 5.74) is 1.95. The van der Waals surface area contributed by atoms with Gasteiger partial charge in [-0.25, -0.2) is 0 Å². The fourth-order valence-electron chi connectivity index (χ4n) is 5.06. The third kappa shape index (κ3) is 3.71. The SMILES string of the molecule is C[C@]1(C(=O)NC2CCCCCC2)Cn2c(cc3occc32)C(=O)N1Cc1ccc(Cl)cc1. The lowest BCUT2D eigenvalue weighted by Gasteiger charge is -2.44. The molecule has 0 unspecified atom stereocenters. The number of fused-ring (bicyclic) bond motifs is 3. The van der Waals surface area contributed by atoms with Crippen molar-refractivity contribution in [3.8, 4) is 0 Å². The summed E-state index contributed by atoms with van der Waals surface area (Å²) in [6.07, 6.45) is 8.30. The Morgan fingerprint density at radius 1 is 1.16 bits per heavy atom. The fourth-order valence-corrected chi connectivity index (χ4v) is 5.18. The highest BCUT2D eigenvalue weighted by atomic mass is 35.5. The average Bonchev–Trinajstić information content (AvgIpc) is 3.27. The Morgan fingerprint density at radius 3 is 2.59 bits per heavy atom. The summed E-state index contributed by atoms with van der Waals surface area (Å²) in [7, 11) is 0. The molecular weight excluding hydrogens is 426 g/mol. The number of halogens is 1. The first-order valence-corrected chi connectivity index (χ1v) is 11.8. The summed E-state index contributed by atoms with van der Waals surface area (Å²) in [6, 6.07) is 11.2. The molecule has 32 heavy (non-hydrogen) atoms. The van der Waals surface area contributed by atoms with Crippen LogP contribution in [0.1, 0.15) is 61.5 Å². The van der Waals surface area contributed by atoms with Gasteiger partial charge in [0, 0.05) is 29.7 Å². The van der Waals surface area contributed by atoms with Crippen LogP contribution < -0.4 is 5.32 Å². The maximum atomic E-state index is 13.7. The third-order valence-electron chi connectivity index (χ3n) is 6.98. The second kappa shape index (κ2) is 8.32. The van der Waals surface area contributed by atoms with E-state index in [0.29, 0.717) is 29.4 Å². The highest BCUT2D eigenvalue weighted by Crippen LogP contribution is 2.34. The lowest BCUT2D eigenvalue weighted by Crippen LogP contribution is -2.64. The van der Waals surface area contributed by atoms with E-state index in [2.05, 4.69) is 5.32 Å². The van der Waals surface area contributed by atoms with Gasteiger partial charge in [-0.3, -0.25) is 9.59 Å². The number of hydrogen-bond donors (Lipinski definition) is 1. The van der Waals surface area contributed by atoms with E-state index < -0.39 is 5.54 Å². The number of benzene rings is 1. The second-order valence-corrected chi connectivity index (χ2v) is 9.68. The van der Waals surface area contributed by atoms with Crippen LogP contribution in [0, 0.1) is 0 Å². The van der Waals surface area contributed by atoms with Gasteiger partial charge in [-0.2, -0.15) is 0 Å². The summed E-state index contributed by atoms with van der Waals surface area (Å²) >= 11 is 6.05. The standard InChI is InChI=1S/C25H28ClN3O3/c1-25(24(31)27-19-6-4-2-3-5-7-19)16-28-20-12-13-32-22(20)14-21(28)23(30)29(25)15-17-8-10-18(26)11-9-17/h8-14,19H,2-7,15-16H2,1H3,(H,27,31)/t25-/m1/s1. The van der Waals surface area contributed by atoms with E-state index in [4.69, 9.17) is 16.0 Å². The van der Waals surface area contributed by atoms with Crippen LogP contribution in [-0.4, -0.2) is 32.9 Å². The largest absolute Gasteiger partial charge is 0.463 e. The van der Waals surface area contributed by atoms with Gasteiger partial charge in [-0.1, -0.05) is 49.4 Å². The van der Waals surface area contributed by atoms with E-state index in [1.54, 1.807) is 17.2 Å². The van der Waals surface area contributed by atoms with Crippen LogP contribution in [0.3, 0.4) is 0 Å². The number of furan rings is 1. The molecule has 1 aliphatic heterocycles. The molecule has 6 nitrogen and oxygen atoms in total. The number of aromatic nitrogens is 1. The number of nitrogens with one attached hydrogen (secondary N) is 1. The highest BCUT2D eigenvalue weighted by molar-refractivity contribution is 6.30. The van der Waals surface area contributed by atoms with Crippen molar-refractivity contribution in [1.29, 1.82) is 0 Å². The predicted octanol–water partition coefficient (Wildman–Crippen LogP) is 5.14. The molecule has 7 heteroatoms. The Labute approximate surface area is 192 Å². The predicted molar refractivity (Wildman–Crippen MR) is 124 cm³/mol. The Bertz CT molecular complexity index is 1140. The van der Waals surface area contributed by atoms with Crippen LogP contribution in [0.5, 0.6) is 0 Å². The quantitative estimate of drug-likeness (QED) is 0.556. The molecule has 2 aromatic heterocycles. The smallest absolute Gasteiger partial charge is 0.271 e. The van der Waals surface area contributed by atoms with E-state index >= 15 is 0 Å². The van der Waals surface area contributed by atoms with Crippen LogP contribution in [0.4, 0.5) is 0 Å². The van der Waals surface area contributed by atoms with Gasteiger partial charge >= 0.3 is 0 Å². The first-order chi connectivity index (χ1) is 15.5. The van der Waals surface area contributed by atoms with Gasteiger partial charge in [-0.05, 0) is 37.5 Å². The maximum Gasteiger partial charge on any atom is 0.271 e. The molecular formula is C25H28ClN3O3. The molecule has 1 saturated carbocycles. The zero-order chi connectivity index (χ0) is 22.3. The van der Waals surface area contributed by atoms with Crippen molar-refractivity contribution in [3.63, 3.8) is 0 Å². The van der Waals surface area contributed by atoms with Crippen LogP contribution >= 0.6 is 11.6 Å². The summed E-state index contributed by atoms with van der Waals surface area (Å²) in [6.45, 7) is 2.59. The number of rotatable bonds is 4. The lowest BCUT2D eigenvalue weighted by molar-refractivity contribution is -0.134. The van der Waals surface area contributed by atoms with Crippen molar-refractivity contribution >= 4 is 34.5 Å². The van der Waals surface area contributed by atoms with Crippen molar-refractivity contribution in [2.75, 3.05) is 0 Å². The van der Waals surface area contributed by atoms with Gasteiger partial charge in [-0.15, -0.1) is 0 Å². The lowest BCUT2D eigenvalue weighted by atomic mass is 9.93. The number of hydrogen-bond acceptors (Lipinski definition) is 3. The maximum absolute atomic E-state index is 13.7. The molecule has 1 fully saturated rings. The molecule has 0 saturated heterocycles. The van der Waals surface area contributed by atoms with Crippen molar-refractivity contribution in [3.05, 3.63) is 58.9 Å². The molecule has 168 valence electrons. The number of carbonyl (C=O) groups is 2. The van der Waals surface area contributed by atoms with E-state index in [-0.39, 0.29) is 17.9 Å². The Hall–Kier alpha value is -2.73. The molecule has 3 heterocycles. The molecule has 0 radical (unpaired) electrons. The Balaban J connectivity index is 1.51. The topological polar surface area (TPSA) is 67.5 Å². The second-order valence-electron chi connectivity index (χ2n) is 9.24. The molecule has 1 atom stereocenters. The summed E-state index contributed by atoms with van der Waals surface area (Å²) in [4.78, 5) is 29.1. The highest BCUT2D eigenvalue weighted by Gasteiger charge is 2.48. The molecule has 2 amide bonds. The molecule has 5 rings (SSSR count). The van der Waals surface area contributed by atoms with E-state index in [9.17, 15) is 9.59 Å². The van der Waals surface area contributed by atoms with Crippen molar-refractivity contribution in [2.24, 2.45) is 0 Å². The zero-order valence-electron chi connectivity index (χ0n) is 18.3. The minimum Gasteiger partial charge on any atom is -0.463 e. The van der Waals surface area contributed by atoms with E-state index in [1.165, 1.54) is 12.8 Å². The summed E-state index contributed by atoms with van der Waals surface area (Å²) in [5.74, 6) is -0.265. The van der Waals surface area contributed by atoms with E-state index in [1.807, 2.05) is 41.8 Å². The first-order valence-electron chi connectivity index (χ1n) is 11.4. The zero-order valence-corrected chi connectivity index (χ0v) is 19.0. The molecule has 1 N–H and O–H groups in total. The normalized spacial score (nSPS) is 22.1. The van der Waals surface area contributed by atoms with Crippen LogP contribution in [0.15, 0.2) is 47.1 Å². The van der Waals surface area contributed by atoms with Gasteiger partial charge in [0.05, 0.1) is 18.3 Å². The molecule has 0 bridgehead atoms. The first kappa shape index (κ1) is 21.1. The van der Waals surface area contributed by atoms with Gasteiger partial charge in [0.1, 0.15) is 11.2 Å². The fraction of sp³-hybridized carbons (Fsp3) is 0.440. The van der Waals surface area contributed by atoms with Crippen molar-refractivity contribution < 1.29 is 14.0 Å². The Kier molecular flexibility index (Phi) is 5.49. The van der Waals surface area contributed by atoms with Crippen LogP contribution in [0.2, 0.25) is 5.02 Å². The van der Waals surface area contributed by atoms with Gasteiger partial charge < -0.3 is 19.2 Å². The van der Waals surface area contributed by atoms with E-state index in [0.717, 1.165) is 36.8 Å². The number of carbonyl (C=O) groups excluding carboxylic acids is 2. The van der Waals surface area contributed by atoms with Crippen LogP contribution in [0.25, 0.3) is 11.1 Å². The Morgan fingerprint density at radius 2 is 1.88 bits per heavy atom. The van der Waals surface area contributed by atoms with Gasteiger partial charge in [0.2, 0.25) is 5.91 Å². The minimum atomic E-state index is -1.03. The van der Waals surface area contributed by atoms with Gasteiger partial charge in [0.15, 0.2) is 5.58 Å². The van der Waals surface area contributed by atoms with Crippen molar-refractivity contribution in [1.82, 2.24) is 14.8 Å². The molecule has 0 spiro atoms. The number of nitrogens with zero attached hydrogens (tertiary/aromatic N) is 2. The molecule has 3 aromatic rings. The summed E-state index contributed by atoms with van der Waals surface area (Å²) < 4.78 is 7.47. The number of amides is 2. The molecule has 2 aliphatic rings. The van der Waals surface area contributed by atoms with Crippen LogP contribution in [-0.2, 0) is 17.9 Å². The molecule has 1 aliphatic carbocycles.